The van der Waals surface area contributed by atoms with E-state index in [9.17, 15) is 0 Å². The number of hydrogen-bond donors (Lipinski definition) is 2. The van der Waals surface area contributed by atoms with Crippen LogP contribution in [-0.4, -0.2) is 18.2 Å². The molecule has 5 heteroatoms. The Morgan fingerprint density at radius 1 is 1.16 bits per heavy atom. The third kappa shape index (κ3) is 3.20. The number of amidine groups is 1. The maximum absolute atomic E-state index is 8.60. The van der Waals surface area contributed by atoms with Crippen LogP contribution < -0.4 is 10.5 Å². The van der Waals surface area contributed by atoms with E-state index in [-0.39, 0.29) is 5.84 Å². The summed E-state index contributed by atoms with van der Waals surface area (Å²) >= 11 is 1.60. The smallest absolute Gasteiger partial charge is 0.170 e. The molecule has 0 saturated heterocycles. The Morgan fingerprint density at radius 2 is 1.84 bits per heavy atom. The summed E-state index contributed by atoms with van der Waals surface area (Å²) in [5.74, 6) is 0.946. The largest absolute Gasteiger partial charge is 0.496 e. The first-order chi connectivity index (χ1) is 9.24. The molecule has 0 atom stereocenters. The molecule has 0 aliphatic heterocycles. The molecule has 0 bridgehead atoms. The highest BCUT2D eigenvalue weighted by atomic mass is 32.2. The standard InChI is InChI=1S/C14H14N2O2S/c1-18-12-4-2-3-5-13(12)19-11-8-6-10(7-9-11)14(15)16-17/h2-9,17H,1H3,(H2,15,16). The van der Waals surface area contributed by atoms with Crippen molar-refractivity contribution in [2.24, 2.45) is 10.9 Å². The van der Waals surface area contributed by atoms with Crippen LogP contribution in [0.1, 0.15) is 5.56 Å². The highest BCUT2D eigenvalue weighted by Gasteiger charge is 2.05. The number of rotatable bonds is 4. The van der Waals surface area contributed by atoms with Crippen LogP contribution in [0.25, 0.3) is 0 Å². The molecule has 98 valence electrons. The fourth-order valence-electron chi connectivity index (χ4n) is 1.58. The summed E-state index contributed by atoms with van der Waals surface area (Å²) in [6.45, 7) is 0. The quantitative estimate of drug-likeness (QED) is 0.389. The zero-order chi connectivity index (χ0) is 13.7. The average Bonchev–Trinajstić information content (AvgIpc) is 2.48. The fraction of sp³-hybridized carbons (Fsp3) is 0.0714. The molecule has 4 nitrogen and oxygen atoms in total. The minimum atomic E-state index is 0.105. The normalized spacial score (nSPS) is 11.3. The summed E-state index contributed by atoms with van der Waals surface area (Å²) in [6.07, 6.45) is 0. The van der Waals surface area contributed by atoms with Crippen molar-refractivity contribution in [1.82, 2.24) is 0 Å². The van der Waals surface area contributed by atoms with Crippen LogP contribution in [0.4, 0.5) is 0 Å². The van der Waals surface area contributed by atoms with Crippen LogP contribution in [0, 0.1) is 0 Å². The van der Waals surface area contributed by atoms with E-state index in [1.54, 1.807) is 18.9 Å². The molecule has 0 amide bonds. The lowest BCUT2D eigenvalue weighted by Gasteiger charge is -2.07. The van der Waals surface area contributed by atoms with Crippen molar-refractivity contribution < 1.29 is 9.94 Å². The Hall–Kier alpha value is -2.14. The number of benzene rings is 2. The highest BCUT2D eigenvalue weighted by molar-refractivity contribution is 7.99. The van der Waals surface area contributed by atoms with Crippen molar-refractivity contribution in [2.45, 2.75) is 9.79 Å². The van der Waals surface area contributed by atoms with Gasteiger partial charge >= 0.3 is 0 Å². The van der Waals surface area contributed by atoms with Crippen LogP contribution in [0.3, 0.4) is 0 Å². The Labute approximate surface area is 115 Å². The van der Waals surface area contributed by atoms with Gasteiger partial charge in [0, 0.05) is 10.5 Å². The number of para-hydroxylation sites is 1. The summed E-state index contributed by atoms with van der Waals surface area (Å²) in [7, 11) is 1.65. The van der Waals surface area contributed by atoms with E-state index >= 15 is 0 Å². The van der Waals surface area contributed by atoms with Gasteiger partial charge in [-0.1, -0.05) is 41.2 Å². The number of ether oxygens (including phenoxy) is 1. The molecule has 0 heterocycles. The summed E-state index contributed by atoms with van der Waals surface area (Å²) in [5, 5.41) is 11.6. The van der Waals surface area contributed by atoms with Gasteiger partial charge in [0.05, 0.1) is 12.0 Å². The first-order valence-corrected chi connectivity index (χ1v) is 6.45. The lowest BCUT2D eigenvalue weighted by molar-refractivity contribution is 0.318. The van der Waals surface area contributed by atoms with E-state index in [0.29, 0.717) is 5.56 Å². The Bertz CT molecular complexity index is 582. The molecule has 2 aromatic carbocycles. The van der Waals surface area contributed by atoms with E-state index in [2.05, 4.69) is 5.16 Å². The monoisotopic (exact) mass is 274 g/mol. The predicted octanol–water partition coefficient (Wildman–Crippen LogP) is 2.94. The molecule has 0 aromatic heterocycles. The molecule has 0 aliphatic rings. The van der Waals surface area contributed by atoms with Crippen molar-refractivity contribution in [1.29, 1.82) is 0 Å². The van der Waals surface area contributed by atoms with E-state index in [4.69, 9.17) is 15.7 Å². The summed E-state index contributed by atoms with van der Waals surface area (Å²) in [6, 6.07) is 15.3. The second-order valence-corrected chi connectivity index (χ2v) is 4.88. The number of nitrogens with zero attached hydrogens (tertiary/aromatic N) is 1. The maximum atomic E-state index is 8.60. The third-order valence-electron chi connectivity index (χ3n) is 2.55. The van der Waals surface area contributed by atoms with E-state index < -0.39 is 0 Å². The van der Waals surface area contributed by atoms with Gasteiger partial charge in [0.25, 0.3) is 0 Å². The second-order valence-electron chi connectivity index (χ2n) is 3.76. The molecule has 0 unspecified atom stereocenters. The van der Waals surface area contributed by atoms with Crippen molar-refractivity contribution >= 4 is 17.6 Å². The van der Waals surface area contributed by atoms with Gasteiger partial charge in [-0.3, -0.25) is 0 Å². The lowest BCUT2D eigenvalue weighted by atomic mass is 10.2. The minimum absolute atomic E-state index is 0.105. The number of oxime groups is 1. The Morgan fingerprint density at radius 3 is 2.47 bits per heavy atom. The van der Waals surface area contributed by atoms with Crippen molar-refractivity contribution in [3.63, 3.8) is 0 Å². The summed E-state index contributed by atoms with van der Waals surface area (Å²) < 4.78 is 5.30. The van der Waals surface area contributed by atoms with E-state index in [1.807, 2.05) is 48.5 Å². The minimum Gasteiger partial charge on any atom is -0.496 e. The molecule has 0 saturated carbocycles. The van der Waals surface area contributed by atoms with Crippen LogP contribution in [-0.2, 0) is 0 Å². The topological polar surface area (TPSA) is 67.8 Å². The molecule has 2 aromatic rings. The molecular weight excluding hydrogens is 260 g/mol. The van der Waals surface area contributed by atoms with E-state index in [0.717, 1.165) is 15.5 Å². The summed E-state index contributed by atoms with van der Waals surface area (Å²) in [4.78, 5) is 2.10. The SMILES string of the molecule is COc1ccccc1Sc1ccc(/C(N)=N/O)cc1. The van der Waals surface area contributed by atoms with Gasteiger partial charge in [0.2, 0.25) is 0 Å². The molecular formula is C14H14N2O2S. The van der Waals surface area contributed by atoms with Gasteiger partial charge in [-0.2, -0.15) is 0 Å². The maximum Gasteiger partial charge on any atom is 0.170 e. The molecule has 0 fully saturated rings. The fourth-order valence-corrected chi connectivity index (χ4v) is 2.51. The van der Waals surface area contributed by atoms with E-state index in [1.165, 1.54) is 0 Å². The highest BCUT2D eigenvalue weighted by Crippen LogP contribution is 2.34. The zero-order valence-corrected chi connectivity index (χ0v) is 11.2. The molecule has 19 heavy (non-hydrogen) atoms. The van der Waals surface area contributed by atoms with Crippen LogP contribution in [0.5, 0.6) is 5.75 Å². The zero-order valence-electron chi connectivity index (χ0n) is 10.4. The molecule has 0 spiro atoms. The Balaban J connectivity index is 2.20. The van der Waals surface area contributed by atoms with Gasteiger partial charge in [-0.05, 0) is 24.3 Å². The van der Waals surface area contributed by atoms with Crippen LogP contribution in [0.15, 0.2) is 63.5 Å². The van der Waals surface area contributed by atoms with Crippen molar-refractivity contribution in [3.8, 4) is 5.75 Å². The average molecular weight is 274 g/mol. The molecule has 0 aliphatic carbocycles. The van der Waals surface area contributed by atoms with Gasteiger partial charge < -0.3 is 15.7 Å². The summed E-state index contributed by atoms with van der Waals surface area (Å²) in [5.41, 5.74) is 6.20. The van der Waals surface area contributed by atoms with Gasteiger partial charge in [0.15, 0.2) is 5.84 Å². The third-order valence-corrected chi connectivity index (χ3v) is 3.62. The number of hydrogen-bond acceptors (Lipinski definition) is 4. The van der Waals surface area contributed by atoms with Crippen LogP contribution >= 0.6 is 11.8 Å². The van der Waals surface area contributed by atoms with Crippen molar-refractivity contribution in [2.75, 3.05) is 7.11 Å². The van der Waals surface area contributed by atoms with Crippen LogP contribution in [0.2, 0.25) is 0 Å². The molecule has 3 N–H and O–H groups in total. The van der Waals surface area contributed by atoms with Gasteiger partial charge in [-0.25, -0.2) is 0 Å². The van der Waals surface area contributed by atoms with Gasteiger partial charge in [-0.15, -0.1) is 0 Å². The molecule has 2 rings (SSSR count). The molecule has 0 radical (unpaired) electrons. The predicted molar refractivity (Wildman–Crippen MR) is 76.1 cm³/mol. The van der Waals surface area contributed by atoms with Gasteiger partial charge in [0.1, 0.15) is 5.75 Å². The second kappa shape index (κ2) is 6.15. The lowest BCUT2D eigenvalue weighted by Crippen LogP contribution is -2.12. The first kappa shape index (κ1) is 13.3. The Kier molecular flexibility index (Phi) is 4.30. The van der Waals surface area contributed by atoms with Crippen molar-refractivity contribution in [3.05, 3.63) is 54.1 Å². The number of nitrogens with two attached hydrogens (primary N) is 1. The first-order valence-electron chi connectivity index (χ1n) is 5.63. The number of methoxy groups -OCH3 is 1.